The van der Waals surface area contributed by atoms with Gasteiger partial charge in [0.05, 0.1) is 18.3 Å². The quantitative estimate of drug-likeness (QED) is 0.918. The van der Waals surface area contributed by atoms with Crippen LogP contribution in [0.2, 0.25) is 0 Å². The van der Waals surface area contributed by atoms with E-state index in [0.717, 1.165) is 30.8 Å². The molecule has 3 heteroatoms. The van der Waals surface area contributed by atoms with Gasteiger partial charge in [-0.05, 0) is 50.3 Å². The van der Waals surface area contributed by atoms with E-state index in [-0.39, 0.29) is 17.8 Å². The summed E-state index contributed by atoms with van der Waals surface area (Å²) in [7, 11) is 0. The van der Waals surface area contributed by atoms with Gasteiger partial charge in [-0.15, -0.1) is 0 Å². The first kappa shape index (κ1) is 13.9. The number of benzene rings is 1. The molecule has 1 aromatic carbocycles. The Kier molecular flexibility index (Phi) is 3.99. The van der Waals surface area contributed by atoms with Crippen LogP contribution in [0.3, 0.4) is 0 Å². The maximum atomic E-state index is 9.38. The molecule has 1 aliphatic carbocycles. The molecule has 1 saturated carbocycles. The Labute approximate surface area is 120 Å². The van der Waals surface area contributed by atoms with E-state index in [1.54, 1.807) is 0 Å². The monoisotopic (exact) mass is 276 g/mol. The number of rotatable bonds is 4. The molecule has 3 rings (SSSR count). The molecular formula is C17H24O3. The van der Waals surface area contributed by atoms with Gasteiger partial charge < -0.3 is 14.6 Å². The van der Waals surface area contributed by atoms with Gasteiger partial charge in [-0.1, -0.05) is 12.1 Å². The Morgan fingerprint density at radius 1 is 1.35 bits per heavy atom. The Morgan fingerprint density at radius 2 is 2.10 bits per heavy atom. The highest BCUT2D eigenvalue weighted by Gasteiger charge is 2.43. The van der Waals surface area contributed by atoms with Crippen molar-refractivity contribution in [3.63, 3.8) is 0 Å². The summed E-state index contributed by atoms with van der Waals surface area (Å²) in [4.78, 5) is 0. The van der Waals surface area contributed by atoms with Crippen LogP contribution < -0.4 is 4.74 Å². The van der Waals surface area contributed by atoms with Crippen molar-refractivity contribution in [2.75, 3.05) is 6.61 Å². The van der Waals surface area contributed by atoms with Gasteiger partial charge in [0, 0.05) is 12.8 Å². The van der Waals surface area contributed by atoms with Crippen molar-refractivity contribution in [3.8, 4) is 5.75 Å². The van der Waals surface area contributed by atoms with Crippen LogP contribution in [0.25, 0.3) is 0 Å². The average molecular weight is 276 g/mol. The van der Waals surface area contributed by atoms with Crippen LogP contribution in [0.1, 0.15) is 44.6 Å². The topological polar surface area (TPSA) is 38.7 Å². The molecule has 110 valence electrons. The third kappa shape index (κ3) is 3.15. The lowest BCUT2D eigenvalue weighted by Gasteiger charge is -2.46. The lowest BCUT2D eigenvalue weighted by Crippen LogP contribution is -2.48. The van der Waals surface area contributed by atoms with E-state index in [1.165, 1.54) is 19.3 Å². The molecule has 0 aromatic heterocycles. The minimum atomic E-state index is -0.296. The average Bonchev–Trinajstić information content (AvgIpc) is 2.39. The zero-order valence-electron chi connectivity index (χ0n) is 12.2. The number of ether oxygens (including phenoxy) is 2. The van der Waals surface area contributed by atoms with E-state index in [2.05, 4.69) is 0 Å². The number of hydrogen-bond acceptors (Lipinski definition) is 3. The summed E-state index contributed by atoms with van der Waals surface area (Å²) in [5, 5.41) is 9.38. The van der Waals surface area contributed by atoms with Crippen molar-refractivity contribution in [1.82, 2.24) is 0 Å². The zero-order chi connectivity index (χ0) is 14.0. The molecule has 1 saturated heterocycles. The number of aliphatic hydroxyl groups is 1. The molecule has 1 aliphatic heterocycles. The predicted octanol–water partition coefficient (Wildman–Crippen LogP) is 3.09. The van der Waals surface area contributed by atoms with Crippen molar-refractivity contribution in [3.05, 3.63) is 29.8 Å². The molecule has 0 bridgehead atoms. The van der Waals surface area contributed by atoms with Crippen molar-refractivity contribution in [2.45, 2.75) is 63.3 Å². The predicted molar refractivity (Wildman–Crippen MR) is 78.0 cm³/mol. The lowest BCUT2D eigenvalue weighted by atomic mass is 9.74. The van der Waals surface area contributed by atoms with Crippen LogP contribution in [0.5, 0.6) is 5.75 Å². The van der Waals surface area contributed by atoms with Crippen molar-refractivity contribution in [2.24, 2.45) is 0 Å². The summed E-state index contributed by atoms with van der Waals surface area (Å²) in [6.07, 6.45) is 6.38. The minimum absolute atomic E-state index is 0.134. The van der Waals surface area contributed by atoms with Crippen LogP contribution in [0, 0.1) is 0 Å². The van der Waals surface area contributed by atoms with Crippen LogP contribution in [-0.4, -0.2) is 29.5 Å². The summed E-state index contributed by atoms with van der Waals surface area (Å²) in [5.74, 6) is 0.931. The molecule has 20 heavy (non-hydrogen) atoms. The molecule has 1 aromatic rings. The van der Waals surface area contributed by atoms with Gasteiger partial charge in [0.15, 0.2) is 0 Å². The van der Waals surface area contributed by atoms with Gasteiger partial charge in [0.25, 0.3) is 0 Å². The fourth-order valence-corrected chi connectivity index (χ4v) is 3.24. The Balaban J connectivity index is 1.57. The molecule has 1 N–H and O–H groups in total. The van der Waals surface area contributed by atoms with Gasteiger partial charge in [-0.3, -0.25) is 0 Å². The second-order valence-corrected chi connectivity index (χ2v) is 6.31. The highest BCUT2D eigenvalue weighted by atomic mass is 16.5. The highest BCUT2D eigenvalue weighted by Crippen LogP contribution is 2.43. The van der Waals surface area contributed by atoms with Gasteiger partial charge in [-0.2, -0.15) is 0 Å². The minimum Gasteiger partial charge on any atom is -0.490 e. The fourth-order valence-electron chi connectivity index (χ4n) is 3.24. The summed E-state index contributed by atoms with van der Waals surface area (Å²) >= 11 is 0. The van der Waals surface area contributed by atoms with Crippen LogP contribution in [0.15, 0.2) is 24.3 Å². The van der Waals surface area contributed by atoms with E-state index < -0.39 is 0 Å². The maximum Gasteiger partial charge on any atom is 0.119 e. The van der Waals surface area contributed by atoms with Gasteiger partial charge in [0.1, 0.15) is 11.9 Å². The first-order valence-electron chi connectivity index (χ1n) is 7.73. The Bertz CT molecular complexity index is 434. The number of hydrogen-bond donors (Lipinski definition) is 1. The molecule has 2 fully saturated rings. The van der Waals surface area contributed by atoms with Crippen LogP contribution >= 0.6 is 0 Å². The second kappa shape index (κ2) is 5.74. The first-order valence-corrected chi connectivity index (χ1v) is 7.73. The van der Waals surface area contributed by atoms with Gasteiger partial charge >= 0.3 is 0 Å². The standard InChI is InChI=1S/C17H24O3/c1-13(18)11-14-3-5-15(6-4-14)20-16-7-10-19-17(12-16)8-2-9-17/h3-6,13,16,18H,2,7-12H2,1H3. The fraction of sp³-hybridized carbons (Fsp3) is 0.647. The maximum absolute atomic E-state index is 9.38. The molecule has 2 unspecified atom stereocenters. The highest BCUT2D eigenvalue weighted by molar-refractivity contribution is 5.28. The van der Waals surface area contributed by atoms with E-state index in [4.69, 9.17) is 9.47 Å². The van der Waals surface area contributed by atoms with Crippen LogP contribution in [0.4, 0.5) is 0 Å². The molecule has 0 radical (unpaired) electrons. The third-order valence-corrected chi connectivity index (χ3v) is 4.47. The van der Waals surface area contributed by atoms with Crippen LogP contribution in [-0.2, 0) is 11.2 Å². The SMILES string of the molecule is CC(O)Cc1ccc(OC2CCOC3(CCC3)C2)cc1. The Hall–Kier alpha value is -1.06. The number of aliphatic hydroxyl groups excluding tert-OH is 1. The molecular weight excluding hydrogens is 252 g/mol. The van der Waals surface area contributed by atoms with E-state index >= 15 is 0 Å². The van der Waals surface area contributed by atoms with Gasteiger partial charge in [0.2, 0.25) is 0 Å². The smallest absolute Gasteiger partial charge is 0.119 e. The first-order chi connectivity index (χ1) is 9.65. The van der Waals surface area contributed by atoms with E-state index in [9.17, 15) is 5.11 Å². The molecule has 0 amide bonds. The summed E-state index contributed by atoms with van der Waals surface area (Å²) in [5.41, 5.74) is 1.28. The molecule has 2 atom stereocenters. The summed E-state index contributed by atoms with van der Waals surface area (Å²) < 4.78 is 12.0. The third-order valence-electron chi connectivity index (χ3n) is 4.47. The Morgan fingerprint density at radius 3 is 2.70 bits per heavy atom. The van der Waals surface area contributed by atoms with Crippen molar-refractivity contribution in [1.29, 1.82) is 0 Å². The molecule has 1 spiro atoms. The normalized spacial score (nSPS) is 26.0. The molecule has 3 nitrogen and oxygen atoms in total. The van der Waals surface area contributed by atoms with Crippen molar-refractivity contribution >= 4 is 0 Å². The zero-order valence-corrected chi connectivity index (χ0v) is 12.2. The van der Waals surface area contributed by atoms with E-state index in [1.807, 2.05) is 31.2 Å². The summed E-state index contributed by atoms with van der Waals surface area (Å²) in [6, 6.07) is 8.11. The second-order valence-electron chi connectivity index (χ2n) is 6.31. The molecule has 1 heterocycles. The van der Waals surface area contributed by atoms with Gasteiger partial charge in [-0.25, -0.2) is 0 Å². The van der Waals surface area contributed by atoms with E-state index in [0.29, 0.717) is 6.42 Å². The molecule has 2 aliphatic rings. The largest absolute Gasteiger partial charge is 0.490 e. The summed E-state index contributed by atoms with van der Waals surface area (Å²) in [6.45, 7) is 2.63. The van der Waals surface area contributed by atoms with Crippen molar-refractivity contribution < 1.29 is 14.6 Å². The lowest BCUT2D eigenvalue weighted by molar-refractivity contribution is -0.153.